The van der Waals surface area contributed by atoms with Crippen LogP contribution in [-0.4, -0.2) is 12.3 Å². The molecular weight excluding hydrogens is 240 g/mol. The quantitative estimate of drug-likeness (QED) is 0.769. The normalized spacial score (nSPS) is 9.89. The van der Waals surface area contributed by atoms with Crippen molar-refractivity contribution in [2.24, 2.45) is 0 Å². The van der Waals surface area contributed by atoms with E-state index in [2.05, 4.69) is 0 Å². The number of ether oxygens (including phenoxy) is 1. The molecule has 95 valence electrons. The monoisotopic (exact) mass is 253 g/mol. The Morgan fingerprint density at radius 1 is 1.00 bits per heavy atom. The van der Waals surface area contributed by atoms with Crippen LogP contribution >= 0.6 is 0 Å². The van der Waals surface area contributed by atoms with Crippen molar-refractivity contribution in [3.63, 3.8) is 0 Å². The van der Waals surface area contributed by atoms with E-state index in [1.54, 1.807) is 24.3 Å². The molecule has 1 radical (unpaired) electrons. The molecule has 2 rings (SSSR count). The third-order valence-electron chi connectivity index (χ3n) is 2.70. The first-order chi connectivity index (χ1) is 9.29. The standard InChI is InChI=1S/C16H13O3/c17-11-15-9-5-4-8-14(15)10-16(18)19-12-13-6-2-1-3-7-13/h1-9H,10,12H2. The summed E-state index contributed by atoms with van der Waals surface area (Å²) in [5, 5.41) is 0. The second-order valence-electron chi connectivity index (χ2n) is 4.08. The van der Waals surface area contributed by atoms with Crippen molar-refractivity contribution < 1.29 is 14.3 Å². The molecule has 0 aliphatic carbocycles. The minimum atomic E-state index is -0.355. The summed E-state index contributed by atoms with van der Waals surface area (Å²) in [7, 11) is 0. The third-order valence-corrected chi connectivity index (χ3v) is 2.70. The van der Waals surface area contributed by atoms with Gasteiger partial charge in [-0.3, -0.25) is 9.59 Å². The molecule has 2 aromatic carbocycles. The van der Waals surface area contributed by atoms with Gasteiger partial charge in [0, 0.05) is 5.56 Å². The van der Waals surface area contributed by atoms with Gasteiger partial charge in [-0.15, -0.1) is 0 Å². The van der Waals surface area contributed by atoms with Gasteiger partial charge in [0.25, 0.3) is 0 Å². The lowest BCUT2D eigenvalue weighted by molar-refractivity contribution is -0.144. The van der Waals surface area contributed by atoms with E-state index >= 15 is 0 Å². The Hall–Kier alpha value is -2.42. The molecule has 0 saturated heterocycles. The average Bonchev–Trinajstić information content (AvgIpc) is 2.47. The van der Waals surface area contributed by atoms with E-state index in [9.17, 15) is 9.59 Å². The van der Waals surface area contributed by atoms with Crippen LogP contribution in [0.15, 0.2) is 54.6 Å². The van der Waals surface area contributed by atoms with Gasteiger partial charge in [-0.25, -0.2) is 0 Å². The molecule has 0 aromatic heterocycles. The predicted octanol–water partition coefficient (Wildman–Crippen LogP) is 2.43. The lowest BCUT2D eigenvalue weighted by atomic mass is 10.1. The highest BCUT2D eigenvalue weighted by molar-refractivity contribution is 5.82. The maximum absolute atomic E-state index is 11.7. The smallest absolute Gasteiger partial charge is 0.310 e. The van der Waals surface area contributed by atoms with Gasteiger partial charge in [-0.1, -0.05) is 54.6 Å². The molecule has 0 bridgehead atoms. The molecule has 0 amide bonds. The lowest BCUT2D eigenvalue weighted by Gasteiger charge is -2.06. The topological polar surface area (TPSA) is 43.4 Å². The average molecular weight is 253 g/mol. The highest BCUT2D eigenvalue weighted by atomic mass is 16.5. The zero-order chi connectivity index (χ0) is 13.5. The van der Waals surface area contributed by atoms with Gasteiger partial charge < -0.3 is 4.74 Å². The number of esters is 1. The number of benzene rings is 2. The fraction of sp³-hybridized carbons (Fsp3) is 0.125. The SMILES string of the molecule is O=[C]c1ccccc1CC(=O)OCc1ccccc1. The van der Waals surface area contributed by atoms with Crippen molar-refractivity contribution in [1.82, 2.24) is 0 Å². The highest BCUT2D eigenvalue weighted by Crippen LogP contribution is 2.09. The Morgan fingerprint density at radius 3 is 2.42 bits per heavy atom. The Labute approximate surface area is 111 Å². The zero-order valence-corrected chi connectivity index (χ0v) is 10.3. The molecular formula is C16H13O3. The second-order valence-corrected chi connectivity index (χ2v) is 4.08. The highest BCUT2D eigenvalue weighted by Gasteiger charge is 2.09. The summed E-state index contributed by atoms with van der Waals surface area (Å²) < 4.78 is 5.16. The van der Waals surface area contributed by atoms with E-state index < -0.39 is 0 Å². The summed E-state index contributed by atoms with van der Waals surface area (Å²) in [5.41, 5.74) is 1.97. The number of carbonyl (C=O) groups excluding carboxylic acids is 2. The van der Waals surface area contributed by atoms with E-state index in [-0.39, 0.29) is 19.0 Å². The van der Waals surface area contributed by atoms with Crippen molar-refractivity contribution in [3.8, 4) is 0 Å². The summed E-state index contributed by atoms with van der Waals surface area (Å²) >= 11 is 0. The fourth-order valence-corrected chi connectivity index (χ4v) is 1.72. The predicted molar refractivity (Wildman–Crippen MR) is 71.2 cm³/mol. The number of hydrogen-bond acceptors (Lipinski definition) is 3. The van der Waals surface area contributed by atoms with Crippen LogP contribution in [0.25, 0.3) is 0 Å². The summed E-state index contributed by atoms with van der Waals surface area (Å²) in [6.45, 7) is 0.243. The molecule has 0 unspecified atom stereocenters. The summed E-state index contributed by atoms with van der Waals surface area (Å²) in [4.78, 5) is 22.4. The van der Waals surface area contributed by atoms with Crippen molar-refractivity contribution in [3.05, 3.63) is 71.3 Å². The maximum atomic E-state index is 11.7. The molecule has 0 atom stereocenters. The lowest BCUT2D eigenvalue weighted by Crippen LogP contribution is -2.09. The van der Waals surface area contributed by atoms with Crippen molar-refractivity contribution in [1.29, 1.82) is 0 Å². The van der Waals surface area contributed by atoms with Crippen LogP contribution in [0.5, 0.6) is 0 Å². The first kappa shape index (κ1) is 13.0. The summed E-state index contributed by atoms with van der Waals surface area (Å²) in [6, 6.07) is 16.3. The van der Waals surface area contributed by atoms with E-state index in [0.29, 0.717) is 11.1 Å². The third kappa shape index (κ3) is 3.78. The Kier molecular flexibility index (Phi) is 4.45. The van der Waals surface area contributed by atoms with Crippen LogP contribution in [0.3, 0.4) is 0 Å². The molecule has 2 aromatic rings. The van der Waals surface area contributed by atoms with Gasteiger partial charge in [-0.2, -0.15) is 0 Å². The molecule has 19 heavy (non-hydrogen) atoms. The fourth-order valence-electron chi connectivity index (χ4n) is 1.72. The van der Waals surface area contributed by atoms with Crippen LogP contribution < -0.4 is 0 Å². The summed E-state index contributed by atoms with van der Waals surface area (Å²) in [6.07, 6.45) is 1.90. The van der Waals surface area contributed by atoms with E-state index in [1.807, 2.05) is 36.6 Å². The first-order valence-corrected chi connectivity index (χ1v) is 5.95. The Morgan fingerprint density at radius 2 is 1.68 bits per heavy atom. The van der Waals surface area contributed by atoms with E-state index in [4.69, 9.17) is 4.74 Å². The van der Waals surface area contributed by atoms with Crippen LogP contribution in [0.2, 0.25) is 0 Å². The molecule has 0 heterocycles. The van der Waals surface area contributed by atoms with Crippen molar-refractivity contribution in [2.75, 3.05) is 0 Å². The molecule has 0 aliphatic rings. The largest absolute Gasteiger partial charge is 0.461 e. The number of hydrogen-bond donors (Lipinski definition) is 0. The molecule has 3 nitrogen and oxygen atoms in total. The van der Waals surface area contributed by atoms with Gasteiger partial charge in [0.15, 0.2) is 0 Å². The van der Waals surface area contributed by atoms with Crippen molar-refractivity contribution >= 4 is 12.3 Å². The van der Waals surface area contributed by atoms with Gasteiger partial charge in [-0.05, 0) is 11.1 Å². The summed E-state index contributed by atoms with van der Waals surface area (Å²) in [5.74, 6) is -0.355. The molecule has 0 fully saturated rings. The second kappa shape index (κ2) is 6.50. The van der Waals surface area contributed by atoms with Crippen LogP contribution in [0.4, 0.5) is 0 Å². The number of rotatable bonds is 5. The van der Waals surface area contributed by atoms with Crippen molar-refractivity contribution in [2.45, 2.75) is 13.0 Å². The van der Waals surface area contributed by atoms with Gasteiger partial charge in [0.1, 0.15) is 6.61 Å². The Balaban J connectivity index is 1.93. The van der Waals surface area contributed by atoms with Gasteiger partial charge in [0.05, 0.1) is 6.42 Å². The first-order valence-electron chi connectivity index (χ1n) is 5.95. The van der Waals surface area contributed by atoms with Gasteiger partial charge >= 0.3 is 5.97 Å². The van der Waals surface area contributed by atoms with Gasteiger partial charge in [0.2, 0.25) is 6.29 Å². The van der Waals surface area contributed by atoms with Crippen LogP contribution in [0.1, 0.15) is 16.7 Å². The molecule has 0 spiro atoms. The number of carbonyl (C=O) groups is 1. The zero-order valence-electron chi connectivity index (χ0n) is 10.3. The molecule has 0 saturated carbocycles. The van der Waals surface area contributed by atoms with E-state index in [1.165, 1.54) is 0 Å². The Bertz CT molecular complexity index is 561. The molecule has 3 heteroatoms. The van der Waals surface area contributed by atoms with E-state index in [0.717, 1.165) is 5.56 Å². The minimum absolute atomic E-state index is 0.0816. The molecule has 0 aliphatic heterocycles. The maximum Gasteiger partial charge on any atom is 0.310 e. The molecule has 0 N–H and O–H groups in total. The van der Waals surface area contributed by atoms with Crippen LogP contribution in [-0.2, 0) is 27.4 Å². The van der Waals surface area contributed by atoms with Crippen LogP contribution in [0, 0.1) is 0 Å². The minimum Gasteiger partial charge on any atom is -0.461 e.